The average Bonchev–Trinajstić information content (AvgIpc) is 2.23. The number of aliphatic hydroxyl groups is 1. The fourth-order valence-electron chi connectivity index (χ4n) is 1.23. The molecule has 0 saturated heterocycles. The molecule has 0 spiro atoms. The zero-order chi connectivity index (χ0) is 12.0. The van der Waals surface area contributed by atoms with Crippen LogP contribution in [0.1, 0.15) is 18.4 Å². The third-order valence-electron chi connectivity index (χ3n) is 2.01. The number of halogens is 3. The van der Waals surface area contributed by atoms with Crippen molar-refractivity contribution >= 4 is 0 Å². The molecule has 0 heterocycles. The summed E-state index contributed by atoms with van der Waals surface area (Å²) in [6.45, 7) is -0.189. The quantitative estimate of drug-likeness (QED) is 0.794. The fraction of sp³-hybridized carbons (Fsp3) is 0.455. The molecular weight excluding hydrogens is 221 g/mol. The van der Waals surface area contributed by atoms with Crippen LogP contribution in [0.4, 0.5) is 13.2 Å². The van der Waals surface area contributed by atoms with Crippen LogP contribution in [0.5, 0.6) is 5.75 Å². The predicted octanol–water partition coefficient (Wildman–Crippen LogP) is 2.90. The van der Waals surface area contributed by atoms with Crippen LogP contribution in [-0.2, 0) is 6.61 Å². The number of hydrogen-bond acceptors (Lipinski definition) is 2. The molecule has 0 amide bonds. The number of ether oxygens (including phenoxy) is 1. The first-order valence-corrected chi connectivity index (χ1v) is 4.91. The zero-order valence-corrected chi connectivity index (χ0v) is 8.63. The second kappa shape index (κ2) is 5.75. The molecule has 0 bridgehead atoms. The van der Waals surface area contributed by atoms with E-state index in [0.717, 1.165) is 0 Å². The van der Waals surface area contributed by atoms with E-state index in [1.807, 2.05) is 0 Å². The van der Waals surface area contributed by atoms with E-state index in [1.165, 1.54) is 0 Å². The number of aliphatic hydroxyl groups excluding tert-OH is 1. The molecule has 0 radical (unpaired) electrons. The summed E-state index contributed by atoms with van der Waals surface area (Å²) in [5, 5.41) is 8.94. The van der Waals surface area contributed by atoms with Gasteiger partial charge >= 0.3 is 6.18 Å². The maximum Gasteiger partial charge on any atom is 0.389 e. The Morgan fingerprint density at radius 1 is 1.19 bits per heavy atom. The van der Waals surface area contributed by atoms with E-state index in [9.17, 15) is 13.2 Å². The highest BCUT2D eigenvalue weighted by atomic mass is 19.4. The monoisotopic (exact) mass is 234 g/mol. The summed E-state index contributed by atoms with van der Waals surface area (Å²) in [5.74, 6) is 0.437. The van der Waals surface area contributed by atoms with E-state index in [4.69, 9.17) is 9.84 Å². The molecule has 16 heavy (non-hydrogen) atoms. The first kappa shape index (κ1) is 12.8. The molecule has 1 N–H and O–H groups in total. The van der Waals surface area contributed by atoms with Crippen molar-refractivity contribution < 1.29 is 23.0 Å². The molecule has 1 rings (SSSR count). The van der Waals surface area contributed by atoms with Crippen LogP contribution < -0.4 is 4.74 Å². The normalized spacial score (nSPS) is 11.5. The number of benzene rings is 1. The van der Waals surface area contributed by atoms with Crippen LogP contribution in [0.15, 0.2) is 24.3 Å². The highest BCUT2D eigenvalue weighted by Crippen LogP contribution is 2.22. The van der Waals surface area contributed by atoms with Crippen molar-refractivity contribution in [2.75, 3.05) is 6.61 Å². The van der Waals surface area contributed by atoms with Gasteiger partial charge in [-0.15, -0.1) is 0 Å². The first-order valence-electron chi connectivity index (χ1n) is 4.91. The second-order valence-corrected chi connectivity index (χ2v) is 3.33. The van der Waals surface area contributed by atoms with Crippen molar-refractivity contribution in [3.63, 3.8) is 0 Å². The summed E-state index contributed by atoms with van der Waals surface area (Å²) in [4.78, 5) is 0. The molecule has 5 heteroatoms. The van der Waals surface area contributed by atoms with E-state index in [1.54, 1.807) is 24.3 Å². The summed E-state index contributed by atoms with van der Waals surface area (Å²) < 4.78 is 40.7. The molecule has 0 atom stereocenters. The average molecular weight is 234 g/mol. The van der Waals surface area contributed by atoms with Crippen molar-refractivity contribution in [3.05, 3.63) is 29.8 Å². The standard InChI is InChI=1S/C11H13F3O2/c12-11(13,14)6-3-7-16-10-5-2-1-4-9(10)8-15/h1-2,4-5,15H,3,6-8H2. The first-order chi connectivity index (χ1) is 7.53. The van der Waals surface area contributed by atoms with E-state index >= 15 is 0 Å². The molecule has 0 fully saturated rings. The van der Waals surface area contributed by atoms with Gasteiger partial charge in [0.2, 0.25) is 0 Å². The van der Waals surface area contributed by atoms with Crippen LogP contribution in [0.25, 0.3) is 0 Å². The Balaban J connectivity index is 2.37. The van der Waals surface area contributed by atoms with Crippen molar-refractivity contribution in [1.82, 2.24) is 0 Å². The summed E-state index contributed by atoms with van der Waals surface area (Å²) in [6.07, 6.45) is -5.07. The number of hydrogen-bond donors (Lipinski definition) is 1. The van der Waals surface area contributed by atoms with Gasteiger partial charge < -0.3 is 9.84 Å². The van der Waals surface area contributed by atoms with Gasteiger partial charge in [0, 0.05) is 12.0 Å². The van der Waals surface area contributed by atoms with Crippen LogP contribution in [0.2, 0.25) is 0 Å². The molecule has 0 aliphatic rings. The lowest BCUT2D eigenvalue weighted by Crippen LogP contribution is -2.10. The zero-order valence-electron chi connectivity index (χ0n) is 8.63. The Hall–Kier alpha value is -1.23. The second-order valence-electron chi connectivity index (χ2n) is 3.33. The molecule has 0 aliphatic carbocycles. The van der Waals surface area contributed by atoms with Gasteiger partial charge in [-0.05, 0) is 12.5 Å². The number of rotatable bonds is 5. The molecular formula is C11H13F3O2. The van der Waals surface area contributed by atoms with Crippen LogP contribution in [0.3, 0.4) is 0 Å². The van der Waals surface area contributed by atoms with Crippen LogP contribution in [0, 0.1) is 0 Å². The fourth-order valence-corrected chi connectivity index (χ4v) is 1.23. The maximum absolute atomic E-state index is 11.8. The molecule has 90 valence electrons. The molecule has 0 saturated carbocycles. The van der Waals surface area contributed by atoms with Gasteiger partial charge in [0.05, 0.1) is 13.2 Å². The minimum atomic E-state index is -4.14. The topological polar surface area (TPSA) is 29.5 Å². The SMILES string of the molecule is OCc1ccccc1OCCCC(F)(F)F. The van der Waals surface area contributed by atoms with Gasteiger partial charge in [-0.3, -0.25) is 0 Å². The Morgan fingerprint density at radius 2 is 1.88 bits per heavy atom. The lowest BCUT2D eigenvalue weighted by Gasteiger charge is -2.10. The van der Waals surface area contributed by atoms with Crippen molar-refractivity contribution in [3.8, 4) is 5.75 Å². The van der Waals surface area contributed by atoms with Gasteiger partial charge in [-0.2, -0.15) is 13.2 Å². The highest BCUT2D eigenvalue weighted by Gasteiger charge is 2.26. The molecule has 2 nitrogen and oxygen atoms in total. The minimum Gasteiger partial charge on any atom is -0.493 e. The Kier molecular flexibility index (Phi) is 4.61. The summed E-state index contributed by atoms with van der Waals surface area (Å²) in [6, 6.07) is 6.73. The van der Waals surface area contributed by atoms with Gasteiger partial charge in [0.15, 0.2) is 0 Å². The molecule has 0 unspecified atom stereocenters. The summed E-state index contributed by atoms with van der Waals surface area (Å²) >= 11 is 0. The molecule has 0 aromatic heterocycles. The smallest absolute Gasteiger partial charge is 0.389 e. The largest absolute Gasteiger partial charge is 0.493 e. The number of alkyl halides is 3. The van der Waals surface area contributed by atoms with E-state index < -0.39 is 12.6 Å². The van der Waals surface area contributed by atoms with Crippen molar-refractivity contribution in [2.24, 2.45) is 0 Å². The van der Waals surface area contributed by atoms with E-state index in [0.29, 0.717) is 11.3 Å². The van der Waals surface area contributed by atoms with Crippen molar-refractivity contribution in [1.29, 1.82) is 0 Å². The molecule has 1 aromatic rings. The summed E-state index contributed by atoms with van der Waals surface area (Å²) in [7, 11) is 0. The van der Waals surface area contributed by atoms with Gasteiger partial charge in [0.25, 0.3) is 0 Å². The van der Waals surface area contributed by atoms with Crippen LogP contribution >= 0.6 is 0 Å². The maximum atomic E-state index is 11.8. The van der Waals surface area contributed by atoms with Crippen molar-refractivity contribution in [2.45, 2.75) is 25.6 Å². The lowest BCUT2D eigenvalue weighted by molar-refractivity contribution is -0.136. The third-order valence-corrected chi connectivity index (χ3v) is 2.01. The van der Waals surface area contributed by atoms with Gasteiger partial charge in [0.1, 0.15) is 5.75 Å². The molecule has 0 aliphatic heterocycles. The van der Waals surface area contributed by atoms with E-state index in [-0.39, 0.29) is 19.6 Å². The van der Waals surface area contributed by atoms with Gasteiger partial charge in [-0.1, -0.05) is 18.2 Å². The number of para-hydroxylation sites is 1. The Bertz CT molecular complexity index is 323. The Morgan fingerprint density at radius 3 is 2.50 bits per heavy atom. The lowest BCUT2D eigenvalue weighted by atomic mass is 10.2. The summed E-state index contributed by atoms with van der Waals surface area (Å²) in [5.41, 5.74) is 0.578. The highest BCUT2D eigenvalue weighted by molar-refractivity contribution is 5.32. The van der Waals surface area contributed by atoms with E-state index in [2.05, 4.69) is 0 Å². The molecule has 1 aromatic carbocycles. The van der Waals surface area contributed by atoms with Crippen LogP contribution in [-0.4, -0.2) is 17.9 Å². The van der Waals surface area contributed by atoms with Gasteiger partial charge in [-0.25, -0.2) is 0 Å². The third kappa shape index (κ3) is 4.53. The minimum absolute atomic E-state index is 0.00345. The Labute approximate surface area is 91.7 Å². The predicted molar refractivity (Wildman–Crippen MR) is 53.1 cm³/mol.